The van der Waals surface area contributed by atoms with Crippen LogP contribution >= 0.6 is 23.2 Å². The molecule has 0 aliphatic carbocycles. The number of piperazine rings is 1. The van der Waals surface area contributed by atoms with Crippen LogP contribution in [0.4, 0.5) is 0 Å². The molecule has 1 aromatic rings. The Balaban J connectivity index is 2.00. The van der Waals surface area contributed by atoms with Crippen molar-refractivity contribution in [2.75, 3.05) is 32.7 Å². The van der Waals surface area contributed by atoms with Crippen LogP contribution < -0.4 is 4.90 Å². The molecule has 1 aromatic carbocycles. The zero-order chi connectivity index (χ0) is 14.5. The summed E-state index contributed by atoms with van der Waals surface area (Å²) in [7, 11) is 0. The lowest BCUT2D eigenvalue weighted by Crippen LogP contribution is -3.14. The topological polar surface area (TPSA) is 24.8 Å². The lowest BCUT2D eigenvalue weighted by Gasteiger charge is -2.30. The van der Waals surface area contributed by atoms with Crippen LogP contribution in [-0.2, 0) is 4.79 Å². The van der Waals surface area contributed by atoms with Gasteiger partial charge < -0.3 is 9.80 Å². The predicted octanol–water partition coefficient (Wildman–Crippen LogP) is 1.75. The van der Waals surface area contributed by atoms with Crippen LogP contribution in [0.2, 0.25) is 10.0 Å². The monoisotopic (exact) mass is 313 g/mol. The van der Waals surface area contributed by atoms with Crippen LogP contribution in [0.5, 0.6) is 0 Å². The van der Waals surface area contributed by atoms with Crippen LogP contribution in [0, 0.1) is 0 Å². The highest BCUT2D eigenvalue weighted by molar-refractivity contribution is 6.37. The number of hydrogen-bond donors (Lipinski definition) is 1. The van der Waals surface area contributed by atoms with Crippen molar-refractivity contribution >= 4 is 35.2 Å². The third-order valence-electron chi connectivity index (χ3n) is 3.67. The average Bonchev–Trinajstić information content (AvgIpc) is 2.46. The number of rotatable bonds is 3. The second-order valence-electron chi connectivity index (χ2n) is 4.90. The highest BCUT2D eigenvalue weighted by atomic mass is 35.5. The fraction of sp³-hybridized carbons (Fsp3) is 0.400. The van der Waals surface area contributed by atoms with E-state index < -0.39 is 0 Å². The quantitative estimate of drug-likeness (QED) is 0.845. The van der Waals surface area contributed by atoms with Crippen molar-refractivity contribution < 1.29 is 9.69 Å². The second-order valence-corrected chi connectivity index (χ2v) is 5.71. The molecule has 2 rings (SSSR count). The van der Waals surface area contributed by atoms with E-state index in [1.165, 1.54) is 0 Å². The van der Waals surface area contributed by atoms with Gasteiger partial charge in [0.1, 0.15) is 0 Å². The van der Waals surface area contributed by atoms with E-state index in [-0.39, 0.29) is 5.91 Å². The van der Waals surface area contributed by atoms with Gasteiger partial charge in [0, 0.05) is 21.7 Å². The Kier molecular flexibility index (Phi) is 5.46. The maximum Gasteiger partial charge on any atom is 0.246 e. The van der Waals surface area contributed by atoms with Crippen LogP contribution in [0.15, 0.2) is 24.3 Å². The van der Waals surface area contributed by atoms with Gasteiger partial charge >= 0.3 is 0 Å². The van der Waals surface area contributed by atoms with Crippen molar-refractivity contribution in [3.63, 3.8) is 0 Å². The molecule has 1 N–H and O–H groups in total. The lowest BCUT2D eigenvalue weighted by atomic mass is 10.2. The van der Waals surface area contributed by atoms with E-state index in [0.717, 1.165) is 32.7 Å². The maximum atomic E-state index is 12.1. The zero-order valence-corrected chi connectivity index (χ0v) is 13.0. The molecular weight excluding hydrogens is 295 g/mol. The summed E-state index contributed by atoms with van der Waals surface area (Å²) >= 11 is 12.1. The van der Waals surface area contributed by atoms with Gasteiger partial charge in [0.2, 0.25) is 5.91 Å². The van der Waals surface area contributed by atoms with Crippen molar-refractivity contribution in [2.45, 2.75) is 6.92 Å². The molecule has 108 valence electrons. The smallest absolute Gasteiger partial charge is 0.246 e. The number of quaternary nitrogens is 1. The van der Waals surface area contributed by atoms with Gasteiger partial charge in [0.25, 0.3) is 0 Å². The molecule has 0 bridgehead atoms. The van der Waals surface area contributed by atoms with Gasteiger partial charge in [-0.1, -0.05) is 29.3 Å². The molecule has 20 heavy (non-hydrogen) atoms. The number of nitrogens with zero attached hydrogens (tertiary/aromatic N) is 1. The Morgan fingerprint density at radius 2 is 1.90 bits per heavy atom. The minimum Gasteiger partial charge on any atom is -0.332 e. The minimum atomic E-state index is 0.0242. The molecule has 0 unspecified atom stereocenters. The summed E-state index contributed by atoms with van der Waals surface area (Å²) in [6.07, 6.45) is 3.26. The Labute approximate surface area is 129 Å². The van der Waals surface area contributed by atoms with E-state index in [2.05, 4.69) is 6.92 Å². The van der Waals surface area contributed by atoms with Crippen molar-refractivity contribution in [2.24, 2.45) is 0 Å². The normalized spacial score (nSPS) is 16.9. The summed E-state index contributed by atoms with van der Waals surface area (Å²) in [4.78, 5) is 15.6. The number of nitrogens with one attached hydrogen (secondary N) is 1. The summed E-state index contributed by atoms with van der Waals surface area (Å²) in [5.41, 5.74) is 0.696. The molecule has 1 amide bonds. The molecule has 1 heterocycles. The van der Waals surface area contributed by atoms with Gasteiger partial charge in [-0.15, -0.1) is 0 Å². The highest BCUT2D eigenvalue weighted by Crippen LogP contribution is 2.25. The zero-order valence-electron chi connectivity index (χ0n) is 11.5. The lowest BCUT2D eigenvalue weighted by molar-refractivity contribution is -0.902. The van der Waals surface area contributed by atoms with Crippen molar-refractivity contribution in [3.8, 4) is 0 Å². The molecular formula is C15H19Cl2N2O+. The first-order valence-electron chi connectivity index (χ1n) is 6.86. The SMILES string of the molecule is CC[NH+]1CCN(C(=O)/C=C/c2c(Cl)cccc2Cl)CC1. The Morgan fingerprint density at radius 3 is 2.45 bits per heavy atom. The largest absolute Gasteiger partial charge is 0.332 e. The third kappa shape index (κ3) is 3.75. The van der Waals surface area contributed by atoms with Crippen LogP contribution in [-0.4, -0.2) is 43.5 Å². The summed E-state index contributed by atoms with van der Waals surface area (Å²) < 4.78 is 0. The summed E-state index contributed by atoms with van der Waals surface area (Å²) in [5.74, 6) is 0.0242. The summed E-state index contributed by atoms with van der Waals surface area (Å²) in [6.45, 7) is 6.94. The van der Waals surface area contributed by atoms with Gasteiger partial charge in [0.15, 0.2) is 0 Å². The van der Waals surface area contributed by atoms with Gasteiger partial charge in [-0.2, -0.15) is 0 Å². The molecule has 0 spiro atoms. The van der Waals surface area contributed by atoms with Crippen LogP contribution in [0.25, 0.3) is 6.08 Å². The molecule has 1 aliphatic rings. The molecule has 0 radical (unpaired) electrons. The van der Waals surface area contributed by atoms with E-state index >= 15 is 0 Å². The average molecular weight is 314 g/mol. The molecule has 0 aromatic heterocycles. The maximum absolute atomic E-state index is 12.1. The molecule has 0 saturated carbocycles. The first-order valence-corrected chi connectivity index (χ1v) is 7.62. The number of hydrogen-bond acceptors (Lipinski definition) is 1. The Morgan fingerprint density at radius 1 is 1.30 bits per heavy atom. The standard InChI is InChI=1S/C15H18Cl2N2O/c1-2-18-8-10-19(11-9-18)15(20)7-6-12-13(16)4-3-5-14(12)17/h3-7H,2,8-11H2,1H3/p+1/b7-6+. The van der Waals surface area contributed by atoms with Crippen LogP contribution in [0.1, 0.15) is 12.5 Å². The molecule has 1 aliphatic heterocycles. The van der Waals surface area contributed by atoms with E-state index in [0.29, 0.717) is 15.6 Å². The Bertz CT molecular complexity index is 488. The number of benzene rings is 1. The van der Waals surface area contributed by atoms with E-state index in [4.69, 9.17) is 23.2 Å². The van der Waals surface area contributed by atoms with Gasteiger partial charge in [-0.3, -0.25) is 4.79 Å². The minimum absolute atomic E-state index is 0.0242. The highest BCUT2D eigenvalue weighted by Gasteiger charge is 2.20. The van der Waals surface area contributed by atoms with Gasteiger partial charge in [-0.25, -0.2) is 0 Å². The van der Waals surface area contributed by atoms with E-state index in [1.807, 2.05) is 4.90 Å². The predicted molar refractivity (Wildman–Crippen MR) is 83.3 cm³/mol. The first-order chi connectivity index (χ1) is 9.61. The second kappa shape index (κ2) is 7.11. The Hall–Kier alpha value is -1.03. The van der Waals surface area contributed by atoms with Gasteiger partial charge in [-0.05, 0) is 25.1 Å². The van der Waals surface area contributed by atoms with Crippen molar-refractivity contribution in [3.05, 3.63) is 39.9 Å². The van der Waals surface area contributed by atoms with Crippen molar-refractivity contribution in [1.29, 1.82) is 0 Å². The number of amides is 1. The number of carbonyl (C=O) groups excluding carboxylic acids is 1. The molecule has 5 heteroatoms. The molecule has 1 saturated heterocycles. The fourth-order valence-corrected chi connectivity index (χ4v) is 2.85. The van der Waals surface area contributed by atoms with Crippen LogP contribution in [0.3, 0.4) is 0 Å². The number of carbonyl (C=O) groups is 1. The third-order valence-corrected chi connectivity index (χ3v) is 4.33. The summed E-state index contributed by atoms with van der Waals surface area (Å²) in [5, 5.41) is 1.11. The molecule has 0 atom stereocenters. The number of halogens is 2. The summed E-state index contributed by atoms with van der Waals surface area (Å²) in [6, 6.07) is 5.32. The van der Waals surface area contributed by atoms with Crippen molar-refractivity contribution in [1.82, 2.24) is 4.90 Å². The molecule has 1 fully saturated rings. The first kappa shape index (κ1) is 15.4. The van der Waals surface area contributed by atoms with E-state index in [9.17, 15) is 4.79 Å². The number of likely N-dealkylation sites (N-methyl/N-ethyl adjacent to an activating group) is 1. The molecule has 3 nitrogen and oxygen atoms in total. The fourth-order valence-electron chi connectivity index (χ4n) is 2.33. The van der Waals surface area contributed by atoms with Gasteiger partial charge in [0.05, 0.1) is 32.7 Å². The van der Waals surface area contributed by atoms with E-state index in [1.54, 1.807) is 35.3 Å².